The van der Waals surface area contributed by atoms with Crippen molar-refractivity contribution >= 4 is 41.7 Å². The van der Waals surface area contributed by atoms with Gasteiger partial charge in [0.25, 0.3) is 0 Å². The number of nitrogens with zero attached hydrogens (tertiary/aromatic N) is 1. The van der Waals surface area contributed by atoms with E-state index < -0.39 is 0 Å². The van der Waals surface area contributed by atoms with Crippen molar-refractivity contribution in [3.8, 4) is 0 Å². The highest BCUT2D eigenvalue weighted by atomic mass is 127. The summed E-state index contributed by atoms with van der Waals surface area (Å²) in [7, 11) is 0. The Morgan fingerprint density at radius 3 is 3.09 bits per heavy atom. The maximum Gasteiger partial charge on any atom is 0.191 e. The number of rotatable bonds is 9. The fourth-order valence-corrected chi connectivity index (χ4v) is 3.45. The minimum Gasteiger partial charge on any atom is -0.467 e. The first-order chi connectivity index (χ1) is 10.9. The summed E-state index contributed by atoms with van der Waals surface area (Å²) in [5, 5.41) is 7.36. The van der Waals surface area contributed by atoms with Gasteiger partial charge in [0.05, 0.1) is 12.8 Å². The average Bonchev–Trinajstić information content (AvgIpc) is 3.21. The maximum absolute atomic E-state index is 5.56. The fraction of sp³-hybridized carbons (Fsp3) is 0.688. The highest BCUT2D eigenvalue weighted by Gasteiger charge is 2.14. The number of hydrogen-bond donors (Lipinski definition) is 2. The summed E-state index contributed by atoms with van der Waals surface area (Å²) < 4.78 is 10.8. The number of hydrogen-bond acceptors (Lipinski definition) is 4. The van der Waals surface area contributed by atoms with E-state index in [1.807, 2.05) is 23.9 Å². The fourth-order valence-electron chi connectivity index (χ4n) is 2.27. The van der Waals surface area contributed by atoms with Crippen molar-refractivity contribution in [2.75, 3.05) is 32.0 Å². The summed E-state index contributed by atoms with van der Waals surface area (Å²) in [6, 6.07) is 3.80. The predicted molar refractivity (Wildman–Crippen MR) is 108 cm³/mol. The summed E-state index contributed by atoms with van der Waals surface area (Å²) in [5.74, 6) is 3.08. The molecule has 1 saturated heterocycles. The van der Waals surface area contributed by atoms with E-state index >= 15 is 0 Å². The van der Waals surface area contributed by atoms with Crippen LogP contribution in [-0.4, -0.2) is 43.2 Å². The first-order valence-corrected chi connectivity index (χ1v) is 9.17. The van der Waals surface area contributed by atoms with Crippen LogP contribution in [0.5, 0.6) is 0 Å². The van der Waals surface area contributed by atoms with Crippen molar-refractivity contribution in [3.05, 3.63) is 24.2 Å². The van der Waals surface area contributed by atoms with Gasteiger partial charge in [-0.3, -0.25) is 4.99 Å². The second kappa shape index (κ2) is 12.9. The third kappa shape index (κ3) is 8.85. The zero-order valence-electron chi connectivity index (χ0n) is 13.8. The number of guanidine groups is 1. The predicted octanol–water partition coefficient (Wildman–Crippen LogP) is 3.26. The van der Waals surface area contributed by atoms with Gasteiger partial charge in [0.2, 0.25) is 0 Å². The van der Waals surface area contributed by atoms with Crippen LogP contribution in [0.25, 0.3) is 0 Å². The molecule has 0 aromatic carbocycles. The molecule has 0 spiro atoms. The van der Waals surface area contributed by atoms with Crippen LogP contribution in [0.2, 0.25) is 0 Å². The summed E-state index contributed by atoms with van der Waals surface area (Å²) in [6.07, 6.45) is 5.25. The van der Waals surface area contributed by atoms with Crippen LogP contribution in [0.3, 0.4) is 0 Å². The van der Waals surface area contributed by atoms with Crippen LogP contribution in [0.1, 0.15) is 31.9 Å². The molecule has 1 fully saturated rings. The third-order valence-corrected chi connectivity index (χ3v) is 4.78. The van der Waals surface area contributed by atoms with Crippen LogP contribution < -0.4 is 10.6 Å². The smallest absolute Gasteiger partial charge is 0.191 e. The quantitative estimate of drug-likeness (QED) is 0.260. The summed E-state index contributed by atoms with van der Waals surface area (Å²) in [4.78, 5) is 4.67. The Labute approximate surface area is 160 Å². The minimum atomic E-state index is 0. The molecule has 2 heterocycles. The van der Waals surface area contributed by atoms with Crippen LogP contribution in [0, 0.1) is 0 Å². The maximum atomic E-state index is 5.56. The molecule has 0 radical (unpaired) electrons. The van der Waals surface area contributed by atoms with Crippen molar-refractivity contribution in [1.82, 2.24) is 10.6 Å². The highest BCUT2D eigenvalue weighted by Crippen LogP contribution is 2.25. The van der Waals surface area contributed by atoms with E-state index in [1.165, 1.54) is 18.6 Å². The molecule has 5 nitrogen and oxygen atoms in total. The topological polar surface area (TPSA) is 58.8 Å². The molecule has 1 atom stereocenters. The molecule has 1 aliphatic rings. The van der Waals surface area contributed by atoms with Crippen LogP contribution in [-0.2, 0) is 11.3 Å². The van der Waals surface area contributed by atoms with Crippen molar-refractivity contribution in [2.24, 2.45) is 4.99 Å². The molecule has 7 heteroatoms. The lowest BCUT2D eigenvalue weighted by Crippen LogP contribution is -2.38. The Kier molecular flexibility index (Phi) is 11.6. The molecule has 0 amide bonds. The number of furan rings is 1. The molecule has 23 heavy (non-hydrogen) atoms. The van der Waals surface area contributed by atoms with E-state index in [-0.39, 0.29) is 24.0 Å². The zero-order chi connectivity index (χ0) is 15.5. The number of thioether (sulfide) groups is 1. The molecular formula is C16H28IN3O2S. The van der Waals surface area contributed by atoms with Crippen molar-refractivity contribution < 1.29 is 9.15 Å². The summed E-state index contributed by atoms with van der Waals surface area (Å²) in [6.45, 7) is 6.01. The van der Waals surface area contributed by atoms with E-state index in [2.05, 4.69) is 22.5 Å². The molecule has 1 aliphatic heterocycles. The Hall–Kier alpha value is -0.410. The van der Waals surface area contributed by atoms with Gasteiger partial charge in [-0.1, -0.05) is 0 Å². The highest BCUT2D eigenvalue weighted by molar-refractivity contribution is 14.0. The van der Waals surface area contributed by atoms with Crippen LogP contribution in [0.4, 0.5) is 0 Å². The van der Waals surface area contributed by atoms with Gasteiger partial charge in [0.15, 0.2) is 5.96 Å². The van der Waals surface area contributed by atoms with Gasteiger partial charge in [-0.15, -0.1) is 24.0 Å². The third-order valence-electron chi connectivity index (χ3n) is 3.40. The van der Waals surface area contributed by atoms with Gasteiger partial charge in [-0.25, -0.2) is 0 Å². The lowest BCUT2D eigenvalue weighted by molar-refractivity contribution is 0.105. The SMILES string of the molecule is CCNC(=NCC1CCCS1)NCCCOCc1ccco1.I. The first kappa shape index (κ1) is 20.6. The van der Waals surface area contributed by atoms with Gasteiger partial charge >= 0.3 is 0 Å². The molecule has 0 aliphatic carbocycles. The molecule has 1 aromatic heterocycles. The van der Waals surface area contributed by atoms with E-state index in [1.54, 1.807) is 6.26 Å². The van der Waals surface area contributed by atoms with E-state index in [0.717, 1.165) is 37.8 Å². The molecule has 2 N–H and O–H groups in total. The van der Waals surface area contributed by atoms with E-state index in [9.17, 15) is 0 Å². The van der Waals surface area contributed by atoms with Crippen LogP contribution in [0.15, 0.2) is 27.8 Å². The Balaban J connectivity index is 0.00000264. The van der Waals surface area contributed by atoms with Gasteiger partial charge in [0.1, 0.15) is 12.4 Å². The number of halogens is 1. The molecule has 1 aromatic rings. The van der Waals surface area contributed by atoms with Gasteiger partial charge in [-0.2, -0.15) is 11.8 Å². The summed E-state index contributed by atoms with van der Waals surface area (Å²) >= 11 is 2.04. The standard InChI is InChI=1S/C16H27N3O2S.HI/c1-2-17-16(19-12-15-7-4-11-22-15)18-8-5-9-20-13-14-6-3-10-21-14;/h3,6,10,15H,2,4-5,7-9,11-13H2,1H3,(H2,17,18,19);1H. The van der Waals surface area contributed by atoms with E-state index in [0.29, 0.717) is 18.5 Å². The minimum absolute atomic E-state index is 0. The second-order valence-electron chi connectivity index (χ2n) is 5.27. The molecule has 0 bridgehead atoms. The van der Waals surface area contributed by atoms with Crippen molar-refractivity contribution in [1.29, 1.82) is 0 Å². The number of nitrogens with one attached hydrogen (secondary N) is 2. The monoisotopic (exact) mass is 453 g/mol. The van der Waals surface area contributed by atoms with Gasteiger partial charge < -0.3 is 19.8 Å². The molecule has 2 rings (SSSR count). The lowest BCUT2D eigenvalue weighted by atomic mass is 10.2. The normalized spacial score (nSPS) is 17.8. The Morgan fingerprint density at radius 1 is 1.48 bits per heavy atom. The summed E-state index contributed by atoms with van der Waals surface area (Å²) in [5.41, 5.74) is 0. The molecule has 1 unspecified atom stereocenters. The lowest BCUT2D eigenvalue weighted by Gasteiger charge is -2.12. The van der Waals surface area contributed by atoms with Gasteiger partial charge in [-0.05, 0) is 44.1 Å². The van der Waals surface area contributed by atoms with Crippen molar-refractivity contribution in [2.45, 2.75) is 38.0 Å². The van der Waals surface area contributed by atoms with Gasteiger partial charge in [0, 0.05) is 24.9 Å². The average molecular weight is 453 g/mol. The second-order valence-corrected chi connectivity index (χ2v) is 6.68. The number of ether oxygens (including phenoxy) is 1. The van der Waals surface area contributed by atoms with Crippen molar-refractivity contribution in [3.63, 3.8) is 0 Å². The van der Waals surface area contributed by atoms with Crippen LogP contribution >= 0.6 is 35.7 Å². The zero-order valence-corrected chi connectivity index (χ0v) is 16.9. The molecule has 0 saturated carbocycles. The Bertz CT molecular complexity index is 423. The largest absolute Gasteiger partial charge is 0.467 e. The Morgan fingerprint density at radius 2 is 2.39 bits per heavy atom. The first-order valence-electron chi connectivity index (χ1n) is 8.12. The number of aliphatic imine (C=N–C) groups is 1. The van der Waals surface area contributed by atoms with E-state index in [4.69, 9.17) is 9.15 Å². The molecule has 132 valence electrons. The molecular weight excluding hydrogens is 425 g/mol.